The lowest BCUT2D eigenvalue weighted by Crippen LogP contribution is -2.11. The highest BCUT2D eigenvalue weighted by molar-refractivity contribution is 5.39. The van der Waals surface area contributed by atoms with Gasteiger partial charge in [0.1, 0.15) is 11.5 Å². The molecule has 0 aliphatic carbocycles. The van der Waals surface area contributed by atoms with E-state index in [4.69, 9.17) is 5.73 Å². The fourth-order valence-electron chi connectivity index (χ4n) is 2.34. The lowest BCUT2D eigenvalue weighted by atomic mass is 9.99. The zero-order valence-corrected chi connectivity index (χ0v) is 10.9. The Hall–Kier alpha value is -1.68. The lowest BCUT2D eigenvalue weighted by molar-refractivity contribution is 0.607. The quantitative estimate of drug-likeness (QED) is 0.906. The minimum absolute atomic E-state index is 0.227. The molecule has 3 nitrogen and oxygen atoms in total. The molecule has 1 atom stereocenters. The maximum absolute atomic E-state index is 13.8. The number of aryl methyl sites for hydroxylation is 1. The van der Waals surface area contributed by atoms with E-state index in [0.29, 0.717) is 12.2 Å². The van der Waals surface area contributed by atoms with Gasteiger partial charge in [-0.2, -0.15) is 5.10 Å². The molecule has 2 aromatic rings. The second-order valence-corrected chi connectivity index (χ2v) is 4.58. The number of hydrogen-bond donors (Lipinski definition) is 1. The molecule has 2 rings (SSSR count). The first-order valence-corrected chi connectivity index (χ1v) is 6.07. The predicted molar refractivity (Wildman–Crippen MR) is 70.5 cm³/mol. The number of aromatic nitrogens is 2. The Bertz CT molecular complexity index is 560. The second kappa shape index (κ2) is 4.90. The molecule has 0 amide bonds. The van der Waals surface area contributed by atoms with Crippen LogP contribution >= 0.6 is 0 Å². The van der Waals surface area contributed by atoms with Gasteiger partial charge in [0.15, 0.2) is 0 Å². The summed E-state index contributed by atoms with van der Waals surface area (Å²) in [6.45, 7) is 6.51. The Morgan fingerprint density at radius 1 is 1.33 bits per heavy atom. The molecule has 4 heteroatoms. The van der Waals surface area contributed by atoms with Crippen LogP contribution in [0.4, 0.5) is 4.39 Å². The number of halogens is 1. The standard InChI is InChI=1S/C14H18FN3/c1-9(8-16)14-10(2)17-18(11(14)3)13-7-5-4-6-12(13)15/h4-7,9H,8,16H2,1-3H3. The second-order valence-electron chi connectivity index (χ2n) is 4.58. The van der Waals surface area contributed by atoms with Crippen molar-refractivity contribution in [3.63, 3.8) is 0 Å². The van der Waals surface area contributed by atoms with Crippen molar-refractivity contribution in [3.8, 4) is 5.69 Å². The average molecular weight is 247 g/mol. The molecule has 18 heavy (non-hydrogen) atoms. The Morgan fingerprint density at radius 3 is 2.61 bits per heavy atom. The monoisotopic (exact) mass is 247 g/mol. The fraction of sp³-hybridized carbons (Fsp3) is 0.357. The Kier molecular flexibility index (Phi) is 3.48. The van der Waals surface area contributed by atoms with E-state index >= 15 is 0 Å². The first kappa shape index (κ1) is 12.8. The van der Waals surface area contributed by atoms with Crippen LogP contribution in [0.3, 0.4) is 0 Å². The molecular formula is C14H18FN3. The van der Waals surface area contributed by atoms with E-state index in [1.165, 1.54) is 6.07 Å². The van der Waals surface area contributed by atoms with Crippen LogP contribution in [-0.2, 0) is 0 Å². The van der Waals surface area contributed by atoms with Crippen molar-refractivity contribution < 1.29 is 4.39 Å². The summed E-state index contributed by atoms with van der Waals surface area (Å²) in [5.74, 6) is -0.0411. The fourth-order valence-corrected chi connectivity index (χ4v) is 2.34. The molecule has 0 fully saturated rings. The topological polar surface area (TPSA) is 43.8 Å². The van der Waals surface area contributed by atoms with Crippen molar-refractivity contribution in [2.75, 3.05) is 6.54 Å². The van der Waals surface area contributed by atoms with Gasteiger partial charge in [0, 0.05) is 11.3 Å². The minimum atomic E-state index is -0.268. The first-order chi connectivity index (χ1) is 8.56. The molecule has 0 aliphatic heterocycles. The predicted octanol–water partition coefficient (Wildman–Crippen LogP) is 2.69. The van der Waals surface area contributed by atoms with Gasteiger partial charge in [0.2, 0.25) is 0 Å². The summed E-state index contributed by atoms with van der Waals surface area (Å²) < 4.78 is 15.5. The van der Waals surface area contributed by atoms with E-state index < -0.39 is 0 Å². The SMILES string of the molecule is Cc1nn(-c2ccccc2F)c(C)c1C(C)CN. The smallest absolute Gasteiger partial charge is 0.148 e. The molecule has 0 saturated carbocycles. The van der Waals surface area contributed by atoms with Crippen LogP contribution in [0.1, 0.15) is 29.8 Å². The summed E-state index contributed by atoms with van der Waals surface area (Å²) in [5.41, 5.74) is 9.17. The van der Waals surface area contributed by atoms with E-state index in [1.807, 2.05) is 13.8 Å². The highest BCUT2D eigenvalue weighted by Crippen LogP contribution is 2.25. The third kappa shape index (κ3) is 2.04. The molecule has 1 heterocycles. The Labute approximate surface area is 106 Å². The lowest BCUT2D eigenvalue weighted by Gasteiger charge is -2.10. The van der Waals surface area contributed by atoms with Gasteiger partial charge in [-0.15, -0.1) is 0 Å². The third-order valence-corrected chi connectivity index (χ3v) is 3.27. The summed E-state index contributed by atoms with van der Waals surface area (Å²) in [7, 11) is 0. The van der Waals surface area contributed by atoms with Gasteiger partial charge < -0.3 is 5.73 Å². The number of para-hydroxylation sites is 1. The van der Waals surface area contributed by atoms with Gasteiger partial charge in [-0.3, -0.25) is 0 Å². The third-order valence-electron chi connectivity index (χ3n) is 3.27. The van der Waals surface area contributed by atoms with Crippen LogP contribution in [0.15, 0.2) is 24.3 Å². The number of nitrogens with zero attached hydrogens (tertiary/aromatic N) is 2. The summed E-state index contributed by atoms with van der Waals surface area (Å²) in [5, 5.41) is 4.43. The first-order valence-electron chi connectivity index (χ1n) is 6.07. The van der Waals surface area contributed by atoms with E-state index in [2.05, 4.69) is 12.0 Å². The van der Waals surface area contributed by atoms with Crippen LogP contribution < -0.4 is 5.73 Å². The van der Waals surface area contributed by atoms with Crippen LogP contribution in [0, 0.1) is 19.7 Å². The number of rotatable bonds is 3. The van der Waals surface area contributed by atoms with Crippen molar-refractivity contribution in [1.82, 2.24) is 9.78 Å². The molecule has 0 aliphatic rings. The van der Waals surface area contributed by atoms with E-state index in [9.17, 15) is 4.39 Å². The van der Waals surface area contributed by atoms with Gasteiger partial charge in [-0.1, -0.05) is 19.1 Å². The van der Waals surface area contributed by atoms with Crippen molar-refractivity contribution >= 4 is 0 Å². The highest BCUT2D eigenvalue weighted by atomic mass is 19.1. The van der Waals surface area contributed by atoms with Gasteiger partial charge in [-0.05, 0) is 38.4 Å². The Balaban J connectivity index is 2.58. The van der Waals surface area contributed by atoms with Crippen molar-refractivity contribution in [2.45, 2.75) is 26.7 Å². The van der Waals surface area contributed by atoms with Crippen molar-refractivity contribution in [2.24, 2.45) is 5.73 Å². The average Bonchev–Trinajstić information content (AvgIpc) is 2.65. The van der Waals surface area contributed by atoms with E-state index in [1.54, 1.807) is 22.9 Å². The molecule has 1 aromatic carbocycles. The minimum Gasteiger partial charge on any atom is -0.330 e. The van der Waals surface area contributed by atoms with Gasteiger partial charge >= 0.3 is 0 Å². The van der Waals surface area contributed by atoms with Crippen LogP contribution in [0.5, 0.6) is 0 Å². The largest absolute Gasteiger partial charge is 0.330 e. The van der Waals surface area contributed by atoms with Crippen LogP contribution in [-0.4, -0.2) is 16.3 Å². The normalized spacial score (nSPS) is 12.7. The van der Waals surface area contributed by atoms with Gasteiger partial charge in [-0.25, -0.2) is 9.07 Å². The maximum atomic E-state index is 13.8. The van der Waals surface area contributed by atoms with Crippen LogP contribution in [0.2, 0.25) is 0 Å². The molecule has 96 valence electrons. The molecule has 2 N–H and O–H groups in total. The summed E-state index contributed by atoms with van der Waals surface area (Å²) in [6, 6.07) is 6.65. The van der Waals surface area contributed by atoms with Crippen molar-refractivity contribution in [1.29, 1.82) is 0 Å². The van der Waals surface area contributed by atoms with Crippen molar-refractivity contribution in [3.05, 3.63) is 47.0 Å². The molecule has 1 aromatic heterocycles. The summed E-state index contributed by atoms with van der Waals surface area (Å²) in [4.78, 5) is 0. The zero-order valence-electron chi connectivity index (χ0n) is 10.9. The number of nitrogens with two attached hydrogens (primary N) is 1. The van der Waals surface area contributed by atoms with E-state index in [-0.39, 0.29) is 11.7 Å². The zero-order chi connectivity index (χ0) is 13.3. The molecule has 1 unspecified atom stereocenters. The van der Waals surface area contributed by atoms with Gasteiger partial charge in [0.25, 0.3) is 0 Å². The highest BCUT2D eigenvalue weighted by Gasteiger charge is 2.18. The molecule has 0 spiro atoms. The maximum Gasteiger partial charge on any atom is 0.148 e. The summed E-state index contributed by atoms with van der Waals surface area (Å²) in [6.07, 6.45) is 0. The van der Waals surface area contributed by atoms with E-state index in [0.717, 1.165) is 17.0 Å². The summed E-state index contributed by atoms with van der Waals surface area (Å²) >= 11 is 0. The van der Waals surface area contributed by atoms with Crippen LogP contribution in [0.25, 0.3) is 5.69 Å². The molecule has 0 saturated heterocycles. The number of hydrogen-bond acceptors (Lipinski definition) is 2. The Morgan fingerprint density at radius 2 is 2.00 bits per heavy atom. The molecular weight excluding hydrogens is 229 g/mol. The van der Waals surface area contributed by atoms with Gasteiger partial charge in [0.05, 0.1) is 5.69 Å². The molecule has 0 bridgehead atoms. The number of benzene rings is 1. The molecule has 0 radical (unpaired) electrons.